The van der Waals surface area contributed by atoms with Gasteiger partial charge in [-0.2, -0.15) is 35.5 Å². The fourth-order valence-electron chi connectivity index (χ4n) is 5.01. The molecule has 0 fully saturated rings. The Morgan fingerprint density at radius 2 is 1.16 bits per heavy atom. The summed E-state index contributed by atoms with van der Waals surface area (Å²) in [5.74, 6) is 0.0409. The summed E-state index contributed by atoms with van der Waals surface area (Å²) in [6.45, 7) is 1.83. The minimum atomic E-state index is -4.81. The number of nitro benzene ring substituents is 1. The minimum absolute atomic E-state index is 0. The Morgan fingerprint density at radius 3 is 1.70 bits per heavy atom. The van der Waals surface area contributed by atoms with Crippen LogP contribution in [0.25, 0.3) is 10.8 Å². The molecule has 0 saturated heterocycles. The summed E-state index contributed by atoms with van der Waals surface area (Å²) in [5.41, 5.74) is 1.75. The predicted molar refractivity (Wildman–Crippen MR) is 212 cm³/mol. The largest absolute Gasteiger partial charge is 0.379 e. The molecule has 0 amide bonds. The molecule has 57 heavy (non-hydrogen) atoms. The van der Waals surface area contributed by atoms with Gasteiger partial charge >= 0.3 is 10.1 Å². The van der Waals surface area contributed by atoms with E-state index in [0.717, 1.165) is 23.8 Å². The molecule has 3 N–H and O–H groups in total. The van der Waals surface area contributed by atoms with Crippen molar-refractivity contribution in [3.63, 3.8) is 0 Å². The number of nitrogens with zero attached hydrogens (tertiary/aromatic N) is 5. The molecule has 282 valence electrons. The van der Waals surface area contributed by atoms with Crippen LogP contribution in [0, 0.1) is 17.0 Å². The van der Waals surface area contributed by atoms with Crippen molar-refractivity contribution in [1.82, 2.24) is 0 Å². The van der Waals surface area contributed by atoms with Crippen molar-refractivity contribution in [2.24, 2.45) is 20.5 Å². The summed E-state index contributed by atoms with van der Waals surface area (Å²) in [6, 6.07) is 27.8. The molecule has 0 unspecified atom stereocenters. The van der Waals surface area contributed by atoms with Crippen molar-refractivity contribution < 1.29 is 43.5 Å². The Labute approximate surface area is 370 Å². The van der Waals surface area contributed by atoms with Crippen molar-refractivity contribution in [3.05, 3.63) is 137 Å². The molecule has 0 saturated carbocycles. The number of hydrogen-bond donors (Lipinski definition) is 3. The second kappa shape index (κ2) is 18.4. The first-order valence-electron chi connectivity index (χ1n) is 15.6. The van der Waals surface area contributed by atoms with E-state index in [0.29, 0.717) is 22.4 Å². The summed E-state index contributed by atoms with van der Waals surface area (Å²) in [6.07, 6.45) is 0. The van der Waals surface area contributed by atoms with Crippen molar-refractivity contribution in [1.29, 1.82) is 0 Å². The molecule has 17 nitrogen and oxygen atoms in total. The van der Waals surface area contributed by atoms with Gasteiger partial charge in [0.15, 0.2) is 0 Å². The van der Waals surface area contributed by atoms with E-state index in [1.807, 2.05) is 6.92 Å². The zero-order valence-electron chi connectivity index (χ0n) is 30.1. The Balaban J connectivity index is 0.00000360. The zero-order valence-corrected chi connectivity index (χ0v) is 36.5. The maximum atomic E-state index is 12.6. The van der Waals surface area contributed by atoms with Crippen LogP contribution in [0.4, 0.5) is 39.8 Å². The van der Waals surface area contributed by atoms with E-state index in [1.54, 1.807) is 18.2 Å². The third-order valence-electron chi connectivity index (χ3n) is 7.74. The summed E-state index contributed by atoms with van der Waals surface area (Å²) < 4.78 is 97.5. The van der Waals surface area contributed by atoms with Gasteiger partial charge in [-0.05, 0) is 97.9 Å². The van der Waals surface area contributed by atoms with E-state index in [2.05, 4.69) is 25.8 Å². The monoisotopic (exact) mass is 848 g/mol. The maximum absolute atomic E-state index is 12.6. The fourth-order valence-corrected chi connectivity index (χ4v) is 7.11. The van der Waals surface area contributed by atoms with Crippen molar-refractivity contribution in [3.8, 4) is 5.75 Å². The number of benzene rings is 6. The summed E-state index contributed by atoms with van der Waals surface area (Å²) in [7, 11) is -13.5. The predicted octanol–water partition coefficient (Wildman–Crippen LogP) is 8.13. The van der Waals surface area contributed by atoms with Crippen LogP contribution >= 0.6 is 0 Å². The van der Waals surface area contributed by atoms with E-state index >= 15 is 0 Å². The molecule has 2 radical (unpaired) electrons. The first-order chi connectivity index (χ1) is 26.0. The van der Waals surface area contributed by atoms with E-state index in [4.69, 9.17) is 4.18 Å². The van der Waals surface area contributed by atoms with Crippen molar-refractivity contribution >= 4 is 140 Å². The number of non-ortho nitro benzene ring substituents is 1. The summed E-state index contributed by atoms with van der Waals surface area (Å²) in [5, 5.41) is 31.5. The average molecular weight is 849 g/mol. The first-order valence-corrected chi connectivity index (χ1v) is 19.9. The summed E-state index contributed by atoms with van der Waals surface area (Å²) >= 11 is 0. The number of nitrogens with one attached hydrogen (secondary N) is 1. The van der Waals surface area contributed by atoms with Gasteiger partial charge in [-0.25, -0.2) is 0 Å². The zero-order chi connectivity index (χ0) is 39.5. The van der Waals surface area contributed by atoms with Crippen LogP contribution in [0.5, 0.6) is 5.75 Å². The molecule has 6 aromatic carbocycles. The Morgan fingerprint density at radius 1 is 0.614 bits per heavy atom. The summed E-state index contributed by atoms with van der Waals surface area (Å²) in [4.78, 5) is 9.19. The smallest absolute Gasteiger partial charge is 0.339 e. The van der Waals surface area contributed by atoms with E-state index < -0.39 is 50.8 Å². The van der Waals surface area contributed by atoms with Crippen molar-refractivity contribution in [2.75, 3.05) is 5.32 Å². The second-order valence-electron chi connectivity index (χ2n) is 11.6. The van der Waals surface area contributed by atoms with Gasteiger partial charge in [0.1, 0.15) is 15.5 Å². The SMILES string of the molecule is Cc1ccc(S(=O)(=O)Oc2ccc(N=Nc3ccc(N=Nc4ccc(Nc5ccc([N+](=O)[O-])cc5S(=O)(=O)O)cc4)c4ccc(S(=O)(=O)O)cc34)cc2)cc1.[Na].[Na]. The number of aryl methyl sites for hydroxylation is 1. The normalized spacial score (nSPS) is 11.9. The van der Waals surface area contributed by atoms with Crippen LogP contribution in [-0.2, 0) is 30.4 Å². The number of hydrogen-bond acceptors (Lipinski definition) is 14. The number of anilines is 2. The molecule has 0 aromatic heterocycles. The average Bonchev–Trinajstić information content (AvgIpc) is 3.13. The molecule has 6 aromatic rings. The number of fused-ring (bicyclic) bond motifs is 1. The Hall–Kier alpha value is -4.45. The van der Waals surface area contributed by atoms with Crippen LogP contribution in [0.3, 0.4) is 0 Å². The van der Waals surface area contributed by atoms with E-state index in [1.165, 1.54) is 84.9 Å². The number of rotatable bonds is 12. The second-order valence-corrected chi connectivity index (χ2v) is 16.0. The molecule has 0 aliphatic heterocycles. The number of azo groups is 2. The van der Waals surface area contributed by atoms with Crippen LogP contribution in [0.1, 0.15) is 5.56 Å². The third-order valence-corrected chi connectivity index (χ3v) is 10.7. The Bertz CT molecular complexity index is 2860. The van der Waals surface area contributed by atoms with Gasteiger partial charge in [-0.1, -0.05) is 23.8 Å². The fraction of sp³-hybridized carbons (Fsp3) is 0.0286. The molecule has 0 spiro atoms. The molecule has 6 rings (SSSR count). The van der Waals surface area contributed by atoms with Crippen molar-refractivity contribution in [2.45, 2.75) is 21.6 Å². The molecule has 0 heterocycles. The molecule has 0 aliphatic rings. The van der Waals surface area contributed by atoms with Crippen LogP contribution < -0.4 is 9.50 Å². The number of nitro groups is 1. The van der Waals surface area contributed by atoms with E-state index in [9.17, 15) is 44.5 Å². The molecular weight excluding hydrogens is 823 g/mol. The molecular formula is C35H26N6Na2O11S3. The maximum Gasteiger partial charge on any atom is 0.339 e. The van der Waals surface area contributed by atoms with Crippen LogP contribution in [0.15, 0.2) is 156 Å². The molecule has 0 aliphatic carbocycles. The minimum Gasteiger partial charge on any atom is -0.379 e. The van der Waals surface area contributed by atoms with Gasteiger partial charge in [0.25, 0.3) is 25.9 Å². The van der Waals surface area contributed by atoms with Gasteiger partial charge < -0.3 is 9.50 Å². The van der Waals surface area contributed by atoms with Gasteiger partial charge in [0, 0.05) is 87.7 Å². The Kier molecular flexibility index (Phi) is 14.6. The van der Waals surface area contributed by atoms with Gasteiger partial charge in [0.2, 0.25) is 0 Å². The molecule has 0 bridgehead atoms. The third kappa shape index (κ3) is 11.4. The van der Waals surface area contributed by atoms with Gasteiger partial charge in [-0.3, -0.25) is 19.2 Å². The van der Waals surface area contributed by atoms with Gasteiger partial charge in [-0.15, -0.1) is 10.2 Å². The van der Waals surface area contributed by atoms with Crippen LogP contribution in [0.2, 0.25) is 0 Å². The van der Waals surface area contributed by atoms with E-state index in [-0.39, 0.29) is 92.2 Å². The molecule has 0 atom stereocenters. The quantitative estimate of drug-likeness (QED) is 0.0263. The van der Waals surface area contributed by atoms with Gasteiger partial charge in [0.05, 0.1) is 38.3 Å². The standard InChI is InChI=1S/C35H26N6O11S3.2Na/c1-22-2-13-28(14-3-22)55(50,51)52-27-11-8-25(9-12-27)38-40-33-19-18-32(30-16-15-29(21-31(30)33)53(44,45)46)39-37-24-6-4-23(5-7-24)36-34-17-10-26(41(42)43)20-35(34)54(47,48)49;;/h2-21,36H,1H3,(H,44,45,46)(H,47,48,49);;. The topological polar surface area (TPSA) is 257 Å². The molecule has 22 heteroatoms. The van der Waals surface area contributed by atoms with Crippen LogP contribution in [-0.4, -0.2) is 98.4 Å². The first kappa shape index (κ1) is 45.3.